The summed E-state index contributed by atoms with van der Waals surface area (Å²) in [5.74, 6) is 0.538. The molecule has 7 heteroatoms. The van der Waals surface area contributed by atoms with Gasteiger partial charge in [-0.05, 0) is 47.4 Å². The van der Waals surface area contributed by atoms with Gasteiger partial charge in [0.2, 0.25) is 0 Å². The van der Waals surface area contributed by atoms with Crippen LogP contribution >= 0.6 is 23.2 Å². The van der Waals surface area contributed by atoms with E-state index in [2.05, 4.69) is 5.73 Å². The predicted molar refractivity (Wildman–Crippen MR) is 123 cm³/mol. The Labute approximate surface area is 192 Å². The zero-order valence-electron chi connectivity index (χ0n) is 17.6. The van der Waals surface area contributed by atoms with Crippen LogP contribution in [0.4, 0.5) is 0 Å². The second-order valence-electron chi connectivity index (χ2n) is 7.47. The molecule has 5 nitrogen and oxygen atoms in total. The molecule has 0 aromatic heterocycles. The highest BCUT2D eigenvalue weighted by atomic mass is 35.5. The first-order chi connectivity index (χ1) is 14.7. The molecule has 0 radical (unpaired) electrons. The molecule has 0 unspecified atom stereocenters. The molecule has 2 rings (SSSR count). The molecule has 2 aromatic carbocycles. The van der Waals surface area contributed by atoms with Crippen molar-refractivity contribution in [2.45, 2.75) is 38.9 Å². The van der Waals surface area contributed by atoms with Crippen molar-refractivity contribution < 1.29 is 25.2 Å². The first-order valence-electron chi connectivity index (χ1n) is 10.0. The second-order valence-corrected chi connectivity index (χ2v) is 8.31. The molecule has 0 heterocycles. The molecule has 31 heavy (non-hydrogen) atoms. The average Bonchev–Trinajstić information content (AvgIpc) is 2.74. The van der Waals surface area contributed by atoms with E-state index in [0.717, 1.165) is 11.1 Å². The molecule has 0 spiro atoms. The van der Waals surface area contributed by atoms with Gasteiger partial charge in [0.1, 0.15) is 18.1 Å². The third-order valence-electron chi connectivity index (χ3n) is 4.78. The van der Waals surface area contributed by atoms with E-state index in [4.69, 9.17) is 33.0 Å². The number of aliphatic hydroxyl groups excluding tert-OH is 3. The van der Waals surface area contributed by atoms with Gasteiger partial charge >= 0.3 is 0 Å². The van der Waals surface area contributed by atoms with Gasteiger partial charge in [0.05, 0.1) is 23.8 Å². The third kappa shape index (κ3) is 7.58. The van der Waals surface area contributed by atoms with Crippen LogP contribution < -0.4 is 4.74 Å². The highest BCUT2D eigenvalue weighted by Gasteiger charge is 2.18. The smallest absolute Gasteiger partial charge is 0.140 e. The fourth-order valence-electron chi connectivity index (χ4n) is 3.01. The molecule has 0 aliphatic heterocycles. The maximum Gasteiger partial charge on any atom is 0.140 e. The molecular weight excluding hydrogens is 439 g/mol. The number of ether oxygens (including phenoxy) is 1. The van der Waals surface area contributed by atoms with Crippen molar-refractivity contribution in [2.75, 3.05) is 13.2 Å². The van der Waals surface area contributed by atoms with Crippen molar-refractivity contribution in [1.82, 2.24) is 0 Å². The van der Waals surface area contributed by atoms with Crippen LogP contribution in [0.25, 0.3) is 0 Å². The minimum Gasteiger partial charge on any atom is -0.506 e. The van der Waals surface area contributed by atoms with Gasteiger partial charge in [0.15, 0.2) is 0 Å². The number of hydrogen-bond donors (Lipinski definition) is 4. The first kappa shape index (κ1) is 25.3. The number of halogens is 2. The van der Waals surface area contributed by atoms with E-state index >= 15 is 0 Å². The van der Waals surface area contributed by atoms with Gasteiger partial charge in [-0.15, -0.1) is 5.73 Å². The Morgan fingerprint density at radius 3 is 2.39 bits per heavy atom. The Hall–Kier alpha value is -1.98. The number of aromatic hydroxyl groups is 1. The summed E-state index contributed by atoms with van der Waals surface area (Å²) >= 11 is 11.9. The van der Waals surface area contributed by atoms with E-state index < -0.39 is 12.2 Å². The van der Waals surface area contributed by atoms with Crippen LogP contribution in [0.1, 0.15) is 50.0 Å². The number of benzene rings is 2. The summed E-state index contributed by atoms with van der Waals surface area (Å²) in [5.41, 5.74) is 5.02. The molecule has 0 aliphatic rings. The van der Waals surface area contributed by atoms with Gasteiger partial charge in [0.25, 0.3) is 0 Å². The van der Waals surface area contributed by atoms with Gasteiger partial charge in [-0.25, -0.2) is 0 Å². The molecule has 168 valence electrons. The number of hydrogen-bond acceptors (Lipinski definition) is 5. The highest BCUT2D eigenvalue weighted by Crippen LogP contribution is 2.37. The van der Waals surface area contributed by atoms with Crippen molar-refractivity contribution in [2.24, 2.45) is 5.92 Å². The summed E-state index contributed by atoms with van der Waals surface area (Å²) in [4.78, 5) is 0. The van der Waals surface area contributed by atoms with Crippen LogP contribution in [-0.2, 0) is 0 Å². The first-order valence-corrected chi connectivity index (χ1v) is 10.8. The Morgan fingerprint density at radius 2 is 1.77 bits per heavy atom. The fourth-order valence-corrected chi connectivity index (χ4v) is 3.52. The van der Waals surface area contributed by atoms with Crippen LogP contribution in [0.5, 0.6) is 11.5 Å². The van der Waals surface area contributed by atoms with E-state index in [-0.39, 0.29) is 41.9 Å². The van der Waals surface area contributed by atoms with Crippen LogP contribution in [-0.4, -0.2) is 33.6 Å². The molecule has 0 saturated carbocycles. The largest absolute Gasteiger partial charge is 0.506 e. The van der Waals surface area contributed by atoms with E-state index in [1.54, 1.807) is 30.3 Å². The minimum atomic E-state index is -0.995. The Balaban J connectivity index is 2.09. The zero-order valence-corrected chi connectivity index (χ0v) is 19.1. The van der Waals surface area contributed by atoms with Crippen LogP contribution in [0.15, 0.2) is 53.8 Å². The molecule has 0 aliphatic carbocycles. The van der Waals surface area contributed by atoms with Gasteiger partial charge in [-0.3, -0.25) is 0 Å². The molecule has 4 N–H and O–H groups in total. The SMILES string of the molecule is CC(C)C(=C=CC[C@H](O)c1ccc(OCCO)cc1)C[C@H](O)c1cc(Cl)cc(Cl)c1O. The maximum atomic E-state index is 10.6. The van der Waals surface area contributed by atoms with Crippen molar-refractivity contribution in [1.29, 1.82) is 0 Å². The molecule has 0 amide bonds. The van der Waals surface area contributed by atoms with Gasteiger partial charge in [0, 0.05) is 23.4 Å². The van der Waals surface area contributed by atoms with Crippen molar-refractivity contribution in [3.63, 3.8) is 0 Å². The van der Waals surface area contributed by atoms with E-state index in [1.807, 2.05) is 13.8 Å². The topological polar surface area (TPSA) is 90.2 Å². The lowest BCUT2D eigenvalue weighted by Crippen LogP contribution is -2.04. The van der Waals surface area contributed by atoms with Crippen LogP contribution in [0.2, 0.25) is 10.0 Å². The maximum absolute atomic E-state index is 10.6. The summed E-state index contributed by atoms with van der Waals surface area (Å²) in [6, 6.07) is 9.94. The highest BCUT2D eigenvalue weighted by molar-refractivity contribution is 6.35. The zero-order chi connectivity index (χ0) is 23.0. The summed E-state index contributed by atoms with van der Waals surface area (Å²) < 4.78 is 5.31. The number of phenolic OH excluding ortho intramolecular Hbond substituents is 1. The summed E-state index contributed by atoms with van der Waals surface area (Å²) in [6.07, 6.45) is 0.621. The lowest BCUT2D eigenvalue weighted by Gasteiger charge is -2.17. The predicted octanol–water partition coefficient (Wildman–Crippen LogP) is 5.35. The van der Waals surface area contributed by atoms with Gasteiger partial charge in [-0.2, -0.15) is 0 Å². The van der Waals surface area contributed by atoms with E-state index in [9.17, 15) is 15.3 Å². The standard InChI is InChI=1S/C24H28Cl2O5/c1-15(2)17(12-23(29)20-13-18(25)14-21(26)24(20)30)4-3-5-22(28)16-6-8-19(9-7-16)31-11-10-27/h3,6-9,13-15,22-23,27-30H,5,10-12H2,1-2H3/t4?,22-,23-/m0/s1. The molecular formula is C24H28Cl2O5. The quantitative estimate of drug-likeness (QED) is 0.354. The minimum absolute atomic E-state index is 0.0572. The normalized spacial score (nSPS) is 12.9. The molecule has 2 aromatic rings. The van der Waals surface area contributed by atoms with Crippen molar-refractivity contribution >= 4 is 23.2 Å². The average molecular weight is 467 g/mol. The number of aliphatic hydroxyl groups is 3. The summed E-state index contributed by atoms with van der Waals surface area (Å²) in [7, 11) is 0. The summed E-state index contributed by atoms with van der Waals surface area (Å²) in [5, 5.41) is 40.4. The Bertz CT molecular complexity index is 918. The lowest BCUT2D eigenvalue weighted by atomic mass is 9.94. The van der Waals surface area contributed by atoms with Crippen molar-refractivity contribution in [3.8, 4) is 11.5 Å². The molecule has 0 bridgehead atoms. The Morgan fingerprint density at radius 1 is 1.10 bits per heavy atom. The monoisotopic (exact) mass is 466 g/mol. The summed E-state index contributed by atoms with van der Waals surface area (Å²) in [6.45, 7) is 4.13. The van der Waals surface area contributed by atoms with Crippen molar-refractivity contribution in [3.05, 3.63) is 75.0 Å². The molecule has 0 fully saturated rings. The number of phenols is 1. The third-order valence-corrected chi connectivity index (χ3v) is 5.29. The van der Waals surface area contributed by atoms with Gasteiger partial charge < -0.3 is 25.2 Å². The van der Waals surface area contributed by atoms with E-state index in [1.165, 1.54) is 12.1 Å². The fraction of sp³-hybridized carbons (Fsp3) is 0.375. The lowest BCUT2D eigenvalue weighted by molar-refractivity contribution is 0.171. The Kier molecular flexibility index (Phi) is 9.92. The van der Waals surface area contributed by atoms with Crippen LogP contribution in [0, 0.1) is 5.92 Å². The second kappa shape index (κ2) is 12.2. The molecule has 2 atom stereocenters. The van der Waals surface area contributed by atoms with Gasteiger partial charge in [-0.1, -0.05) is 49.2 Å². The van der Waals surface area contributed by atoms with Crippen LogP contribution in [0.3, 0.4) is 0 Å². The van der Waals surface area contributed by atoms with E-state index in [0.29, 0.717) is 17.2 Å². The number of rotatable bonds is 10. The molecule has 0 saturated heterocycles.